The molecule has 0 unspecified atom stereocenters. The third kappa shape index (κ3) is 4.72. The molecule has 138 valence electrons. The predicted molar refractivity (Wildman–Crippen MR) is 88.4 cm³/mol. The maximum atomic E-state index is 13.3. The van der Waals surface area contributed by atoms with Crippen LogP contribution in [0.1, 0.15) is 15.9 Å². The molecule has 0 fully saturated rings. The number of halogens is 5. The van der Waals surface area contributed by atoms with Crippen molar-refractivity contribution in [2.45, 2.75) is 6.18 Å². The molecule has 0 heterocycles. The summed E-state index contributed by atoms with van der Waals surface area (Å²) < 4.78 is 51.5. The zero-order valence-electron chi connectivity index (χ0n) is 13.4. The van der Waals surface area contributed by atoms with Crippen molar-refractivity contribution in [2.24, 2.45) is 0 Å². The number of para-hydroxylation sites is 1. The second kappa shape index (κ2) is 7.74. The number of carbonyl (C=O) groups excluding carboxylic acids is 2. The standard InChI is InChI=1S/C17H13ClF4N2O2/c1-24(9-15(25)23-14-5-3-2-4-12(14)18)16(26)10-6-7-13(19)11(8-10)17(20,21)22/h2-8H,9H2,1H3,(H,23,25). The molecule has 26 heavy (non-hydrogen) atoms. The molecule has 0 aliphatic heterocycles. The van der Waals surface area contributed by atoms with Gasteiger partial charge in [-0.05, 0) is 30.3 Å². The van der Waals surface area contributed by atoms with Gasteiger partial charge in [0, 0.05) is 12.6 Å². The van der Waals surface area contributed by atoms with Gasteiger partial charge < -0.3 is 10.2 Å². The summed E-state index contributed by atoms with van der Waals surface area (Å²) in [6.45, 7) is -0.428. The molecule has 2 aromatic carbocycles. The van der Waals surface area contributed by atoms with Crippen LogP contribution in [0.4, 0.5) is 23.2 Å². The molecule has 4 nitrogen and oxygen atoms in total. The molecule has 0 spiro atoms. The van der Waals surface area contributed by atoms with Crippen LogP contribution in [0.15, 0.2) is 42.5 Å². The Bertz CT molecular complexity index is 840. The van der Waals surface area contributed by atoms with E-state index >= 15 is 0 Å². The molecule has 0 aromatic heterocycles. The van der Waals surface area contributed by atoms with Crippen LogP contribution < -0.4 is 5.32 Å². The minimum atomic E-state index is -4.93. The van der Waals surface area contributed by atoms with Gasteiger partial charge in [0.2, 0.25) is 5.91 Å². The molecule has 0 atom stereocenters. The van der Waals surface area contributed by atoms with E-state index in [1.807, 2.05) is 0 Å². The highest BCUT2D eigenvalue weighted by Gasteiger charge is 2.35. The fraction of sp³-hybridized carbons (Fsp3) is 0.176. The molecular formula is C17H13ClF4N2O2. The summed E-state index contributed by atoms with van der Waals surface area (Å²) in [7, 11) is 1.24. The fourth-order valence-corrected chi connectivity index (χ4v) is 2.32. The number of likely N-dealkylation sites (N-methyl/N-ethyl adjacent to an activating group) is 1. The first-order chi connectivity index (χ1) is 12.1. The molecule has 0 saturated carbocycles. The maximum Gasteiger partial charge on any atom is 0.419 e. The van der Waals surface area contributed by atoms with E-state index in [0.717, 1.165) is 11.0 Å². The third-order valence-corrected chi connectivity index (χ3v) is 3.72. The average Bonchev–Trinajstić information content (AvgIpc) is 2.55. The Labute approximate surface area is 151 Å². The molecule has 2 amide bonds. The number of carbonyl (C=O) groups is 2. The first kappa shape index (κ1) is 19.7. The number of amides is 2. The van der Waals surface area contributed by atoms with E-state index in [0.29, 0.717) is 22.8 Å². The highest BCUT2D eigenvalue weighted by Crippen LogP contribution is 2.32. The number of nitrogens with zero attached hydrogens (tertiary/aromatic N) is 1. The first-order valence-electron chi connectivity index (χ1n) is 7.26. The van der Waals surface area contributed by atoms with E-state index in [2.05, 4.69) is 5.32 Å². The van der Waals surface area contributed by atoms with Crippen molar-refractivity contribution in [1.82, 2.24) is 4.90 Å². The molecule has 2 rings (SSSR count). The molecule has 0 radical (unpaired) electrons. The van der Waals surface area contributed by atoms with Crippen LogP contribution in [0.3, 0.4) is 0 Å². The quantitative estimate of drug-likeness (QED) is 0.798. The number of hydrogen-bond acceptors (Lipinski definition) is 2. The lowest BCUT2D eigenvalue weighted by Crippen LogP contribution is -2.35. The van der Waals surface area contributed by atoms with Gasteiger partial charge in [0.1, 0.15) is 5.82 Å². The summed E-state index contributed by atoms with van der Waals surface area (Å²) in [4.78, 5) is 25.1. The number of hydrogen-bond donors (Lipinski definition) is 1. The Hall–Kier alpha value is -2.61. The van der Waals surface area contributed by atoms with E-state index < -0.39 is 35.9 Å². The van der Waals surface area contributed by atoms with E-state index in [4.69, 9.17) is 11.6 Å². The zero-order valence-corrected chi connectivity index (χ0v) is 14.2. The van der Waals surface area contributed by atoms with Crippen LogP contribution in [0.2, 0.25) is 5.02 Å². The molecule has 9 heteroatoms. The third-order valence-electron chi connectivity index (χ3n) is 3.39. The Morgan fingerprint density at radius 1 is 1.15 bits per heavy atom. The largest absolute Gasteiger partial charge is 0.419 e. The summed E-state index contributed by atoms with van der Waals surface area (Å²) >= 11 is 5.90. The zero-order chi connectivity index (χ0) is 19.5. The number of nitrogens with one attached hydrogen (secondary N) is 1. The van der Waals surface area contributed by atoms with Gasteiger partial charge in [-0.25, -0.2) is 4.39 Å². The van der Waals surface area contributed by atoms with Crippen LogP contribution in [-0.2, 0) is 11.0 Å². The topological polar surface area (TPSA) is 49.4 Å². The van der Waals surface area contributed by atoms with Gasteiger partial charge >= 0.3 is 6.18 Å². The first-order valence-corrected chi connectivity index (χ1v) is 7.64. The Kier molecular flexibility index (Phi) is 5.86. The summed E-state index contributed by atoms with van der Waals surface area (Å²) in [5.74, 6) is -2.93. The molecule has 0 bridgehead atoms. The van der Waals surface area contributed by atoms with Crippen molar-refractivity contribution >= 4 is 29.1 Å². The van der Waals surface area contributed by atoms with Gasteiger partial charge in [-0.2, -0.15) is 13.2 Å². The lowest BCUT2D eigenvalue weighted by Gasteiger charge is -2.18. The highest BCUT2D eigenvalue weighted by molar-refractivity contribution is 6.33. The van der Waals surface area contributed by atoms with Crippen molar-refractivity contribution in [2.75, 3.05) is 18.9 Å². The second-order valence-electron chi connectivity index (χ2n) is 5.38. The lowest BCUT2D eigenvalue weighted by molar-refractivity contribution is -0.140. The Morgan fingerprint density at radius 3 is 2.42 bits per heavy atom. The SMILES string of the molecule is CN(CC(=O)Nc1ccccc1Cl)C(=O)c1ccc(F)c(C(F)(F)F)c1. The van der Waals surface area contributed by atoms with Gasteiger partial charge in [0.15, 0.2) is 0 Å². The number of alkyl halides is 3. The van der Waals surface area contributed by atoms with Crippen molar-refractivity contribution in [3.63, 3.8) is 0 Å². The van der Waals surface area contributed by atoms with Gasteiger partial charge in [0.05, 0.1) is 22.8 Å². The van der Waals surface area contributed by atoms with Gasteiger partial charge in [0.25, 0.3) is 5.91 Å². The Morgan fingerprint density at radius 2 is 1.81 bits per heavy atom. The highest BCUT2D eigenvalue weighted by atomic mass is 35.5. The van der Waals surface area contributed by atoms with Gasteiger partial charge in [-0.3, -0.25) is 9.59 Å². The monoisotopic (exact) mass is 388 g/mol. The minimum absolute atomic E-state index is 0.295. The molecule has 0 saturated heterocycles. The van der Waals surface area contributed by atoms with E-state index in [9.17, 15) is 27.2 Å². The molecule has 0 aliphatic rings. The normalized spacial score (nSPS) is 11.2. The fourth-order valence-electron chi connectivity index (χ4n) is 2.14. The summed E-state index contributed by atoms with van der Waals surface area (Å²) in [6, 6.07) is 8.33. The van der Waals surface area contributed by atoms with Crippen LogP contribution in [0.5, 0.6) is 0 Å². The van der Waals surface area contributed by atoms with Crippen molar-refractivity contribution < 1.29 is 27.2 Å². The van der Waals surface area contributed by atoms with Gasteiger partial charge in [-0.15, -0.1) is 0 Å². The average molecular weight is 389 g/mol. The summed E-state index contributed by atoms with van der Waals surface area (Å²) in [5, 5.41) is 2.78. The maximum absolute atomic E-state index is 13.3. The summed E-state index contributed by atoms with van der Waals surface area (Å²) in [6.07, 6.45) is -4.93. The second-order valence-corrected chi connectivity index (χ2v) is 5.79. The lowest BCUT2D eigenvalue weighted by atomic mass is 10.1. The molecule has 2 aromatic rings. The van der Waals surface area contributed by atoms with Crippen LogP contribution in [0.25, 0.3) is 0 Å². The van der Waals surface area contributed by atoms with Crippen molar-refractivity contribution in [1.29, 1.82) is 0 Å². The van der Waals surface area contributed by atoms with E-state index in [1.54, 1.807) is 24.3 Å². The smallest absolute Gasteiger partial charge is 0.332 e. The molecule has 1 N–H and O–H groups in total. The molecular weight excluding hydrogens is 376 g/mol. The van der Waals surface area contributed by atoms with Crippen LogP contribution >= 0.6 is 11.6 Å². The van der Waals surface area contributed by atoms with Gasteiger partial charge in [-0.1, -0.05) is 23.7 Å². The van der Waals surface area contributed by atoms with Crippen molar-refractivity contribution in [3.8, 4) is 0 Å². The number of benzene rings is 2. The minimum Gasteiger partial charge on any atom is -0.332 e. The van der Waals surface area contributed by atoms with E-state index in [1.165, 1.54) is 7.05 Å². The Balaban J connectivity index is 2.10. The van der Waals surface area contributed by atoms with Crippen molar-refractivity contribution in [3.05, 3.63) is 64.4 Å². The number of rotatable bonds is 4. The summed E-state index contributed by atoms with van der Waals surface area (Å²) in [5.41, 5.74) is -1.59. The molecule has 0 aliphatic carbocycles. The predicted octanol–water partition coefficient (Wildman–Crippen LogP) is 4.21. The van der Waals surface area contributed by atoms with Crippen LogP contribution in [-0.4, -0.2) is 30.3 Å². The van der Waals surface area contributed by atoms with Crippen LogP contribution in [0, 0.1) is 5.82 Å². The van der Waals surface area contributed by atoms with E-state index in [-0.39, 0.29) is 5.56 Å². The number of anilines is 1.